The van der Waals surface area contributed by atoms with Crippen molar-refractivity contribution in [1.82, 2.24) is 29.5 Å². The van der Waals surface area contributed by atoms with E-state index in [1.54, 1.807) is 35.4 Å². The second kappa shape index (κ2) is 28.5. The van der Waals surface area contributed by atoms with Crippen molar-refractivity contribution in [3.05, 3.63) is 119 Å². The summed E-state index contributed by atoms with van der Waals surface area (Å²) in [6, 6.07) is 21.6. The fourth-order valence-electron chi connectivity index (χ4n) is 17.0. The molecule has 3 aromatic heterocycles. The molecule has 29 heteroatoms. The van der Waals surface area contributed by atoms with Crippen LogP contribution in [-0.4, -0.2) is 196 Å². The number of nitrogens with two attached hydrogens (primary N) is 1. The van der Waals surface area contributed by atoms with E-state index in [4.69, 9.17) is 34.8 Å². The fraction of sp³-hybridized carbons (Fsp3) is 0.507. The van der Waals surface area contributed by atoms with E-state index in [2.05, 4.69) is 34.4 Å². The molecule has 7 aliphatic rings. The lowest BCUT2D eigenvalue weighted by Crippen LogP contribution is -2.64. The van der Waals surface area contributed by atoms with Crippen molar-refractivity contribution in [2.24, 2.45) is 22.0 Å². The van der Waals surface area contributed by atoms with Crippen LogP contribution in [-0.2, 0) is 47.9 Å². The molecule has 7 atom stereocenters. The van der Waals surface area contributed by atoms with Gasteiger partial charge in [0.15, 0.2) is 16.9 Å². The minimum absolute atomic E-state index is 0.0103. The predicted molar refractivity (Wildman–Crippen MR) is 363 cm³/mol. The van der Waals surface area contributed by atoms with Crippen LogP contribution >= 0.6 is 18.9 Å². The van der Waals surface area contributed by atoms with Gasteiger partial charge in [-0.05, 0) is 159 Å². The number of carbonyl (C=O) groups is 5. The first kappa shape index (κ1) is 70.1. The highest BCUT2D eigenvalue weighted by Crippen LogP contribution is 2.72. The van der Waals surface area contributed by atoms with Gasteiger partial charge in [0.25, 0.3) is 5.91 Å². The van der Waals surface area contributed by atoms with Gasteiger partial charge in [-0.1, -0.05) is 61.6 Å². The van der Waals surface area contributed by atoms with Crippen LogP contribution in [0, 0.1) is 23.2 Å². The maximum absolute atomic E-state index is 13.8. The van der Waals surface area contributed by atoms with E-state index in [0.717, 1.165) is 65.6 Å². The Balaban J connectivity index is 0.669. The topological polar surface area (TPSA) is 384 Å². The van der Waals surface area contributed by atoms with Gasteiger partial charge in [-0.2, -0.15) is 5.10 Å². The lowest BCUT2D eigenvalue weighted by atomic mass is 9.39. The average molecular weight is 1390 g/mol. The Labute approximate surface area is 570 Å². The molecule has 6 aromatic rings. The molecule has 3 aromatic carbocycles. The van der Waals surface area contributed by atoms with Crippen LogP contribution in [0.1, 0.15) is 121 Å². The SMILES string of the molecule is Cc1c(-c2ccc(N3CCc4cccc(C(=O)Nc5nc6ccccc6s5)c4C3)nc2C(=O)O)cnn1CC12CC3(C)CC(C)(C1)CC(OCCN(CCCP(=O)(O)O)C1CCN(C(=O)OCC=Cc4ccc(O[C@@H]5O[C@H](C(=O)O)[C@@H](O)[C@H](O)[C@H]5O)c(NC(=O)CCN)c4)CC1)(C3)C2. The summed E-state index contributed by atoms with van der Waals surface area (Å²) in [5, 5.41) is 62.4. The Morgan fingerprint density at radius 1 is 0.867 bits per heavy atom. The van der Waals surface area contributed by atoms with E-state index in [0.29, 0.717) is 105 Å². The Kier molecular flexibility index (Phi) is 20.4. The number of para-hydroxylation sites is 1. The maximum Gasteiger partial charge on any atom is 0.410 e. The van der Waals surface area contributed by atoms with E-state index in [1.165, 1.54) is 23.5 Å². The maximum atomic E-state index is 13.8. The first-order chi connectivity index (χ1) is 46.7. The van der Waals surface area contributed by atoms with Gasteiger partial charge in [-0.25, -0.2) is 24.4 Å². The fourth-order valence-corrected chi connectivity index (χ4v) is 18.5. The standard InChI is InChI=1S/C69H85N10O17PS/c1-41-47(45-15-17-53(74-55(45)61(85)86)78-24-19-43-10-6-11-46(48(43)33-78)60(84)75-64-73-49-12-4-5-13-52(49)98-64)32-71-79(41)40-68-35-66(2)34-67(3,36-68)38-69(37-66,39-68)94-29-27-76(23-8-30-97(90,91)92)44-20-25-77(26-21-44)65(89)93-28-7-9-42-14-16-51(50(31-42)72-54(80)18-22-70)95-63-58(83)56(81)57(82)59(96-63)62(87)88/h4-7,9-17,31-32,44,56-59,63,81-83H,8,18-30,33-40,70H2,1-3H3,(H,72,80)(H,85,86)(H,87,88)(H,73,75,84)(H2,90,91,92)/t56-,57-,58+,59-,63+,66?,67?,68?,69?/m0/s1. The zero-order chi connectivity index (χ0) is 69.5. The van der Waals surface area contributed by atoms with E-state index in [-0.39, 0.29) is 77.5 Å². The van der Waals surface area contributed by atoms with Crippen LogP contribution in [0.3, 0.4) is 0 Å². The number of piperidine rings is 1. The van der Waals surface area contributed by atoms with Crippen molar-refractivity contribution >= 4 is 81.7 Å². The highest BCUT2D eigenvalue weighted by molar-refractivity contribution is 7.51. The van der Waals surface area contributed by atoms with Gasteiger partial charge in [0.1, 0.15) is 36.5 Å². The van der Waals surface area contributed by atoms with Crippen LogP contribution in [0.4, 0.5) is 21.4 Å². The molecule has 0 radical (unpaired) electrons. The van der Waals surface area contributed by atoms with Gasteiger partial charge in [0.05, 0.1) is 40.5 Å². The summed E-state index contributed by atoms with van der Waals surface area (Å²) in [4.78, 5) is 99.8. The summed E-state index contributed by atoms with van der Waals surface area (Å²) in [6.07, 6.45) is 2.48. The number of aliphatic hydroxyl groups is 3. The van der Waals surface area contributed by atoms with E-state index in [1.807, 2.05) is 65.0 Å². The number of carboxylic acid groups (broad SMARTS) is 2. The number of nitrogens with one attached hydrogen (secondary N) is 2. The molecule has 13 rings (SSSR count). The largest absolute Gasteiger partial charge is 0.479 e. The molecule has 6 fully saturated rings. The van der Waals surface area contributed by atoms with Crippen LogP contribution in [0.15, 0.2) is 85.1 Å². The monoisotopic (exact) mass is 1390 g/mol. The number of rotatable bonds is 25. The summed E-state index contributed by atoms with van der Waals surface area (Å²) >= 11 is 1.41. The highest BCUT2D eigenvalue weighted by Gasteiger charge is 2.66. The van der Waals surface area contributed by atoms with Gasteiger partial charge in [0, 0.05) is 80.7 Å². The molecule has 4 saturated carbocycles. The van der Waals surface area contributed by atoms with Crippen molar-refractivity contribution in [1.29, 1.82) is 0 Å². The van der Waals surface area contributed by atoms with Gasteiger partial charge in [-0.15, -0.1) is 0 Å². The van der Waals surface area contributed by atoms with Gasteiger partial charge in [-0.3, -0.25) is 29.1 Å². The predicted octanol–water partition coefficient (Wildman–Crippen LogP) is 7.25. The van der Waals surface area contributed by atoms with Crippen molar-refractivity contribution in [3.63, 3.8) is 0 Å². The number of hydrogen-bond donors (Lipinski definition) is 10. The zero-order valence-corrected chi connectivity index (χ0v) is 56.7. The first-order valence-electron chi connectivity index (χ1n) is 33.2. The number of pyridine rings is 1. The number of amides is 3. The number of carboxylic acids is 2. The molecule has 4 aliphatic carbocycles. The number of aliphatic hydroxyl groups excluding tert-OH is 3. The summed E-state index contributed by atoms with van der Waals surface area (Å²) in [5.41, 5.74) is 10.7. The zero-order valence-electron chi connectivity index (χ0n) is 55.0. The van der Waals surface area contributed by atoms with Crippen LogP contribution < -0.4 is 26.0 Å². The molecule has 0 spiro atoms. The molecule has 3 aliphatic heterocycles. The summed E-state index contributed by atoms with van der Waals surface area (Å²) in [7, 11) is -4.28. The number of thiazole rings is 1. The quantitative estimate of drug-likeness (QED) is 0.0252. The molecule has 27 nitrogen and oxygen atoms in total. The third-order valence-corrected chi connectivity index (χ3v) is 22.1. The van der Waals surface area contributed by atoms with Gasteiger partial charge in [0.2, 0.25) is 12.2 Å². The molecular formula is C69H85N10O17PS. The number of hydrogen-bond acceptors (Lipinski definition) is 20. The third kappa shape index (κ3) is 15.5. The number of aromatic carboxylic acids is 1. The number of aromatic nitrogens is 4. The normalized spacial score (nSPS) is 26.2. The number of fused-ring (bicyclic) bond motifs is 2. The minimum atomic E-state index is -4.28. The molecule has 2 unspecified atom stereocenters. The second-order valence-electron chi connectivity index (χ2n) is 28.1. The first-order valence-corrected chi connectivity index (χ1v) is 35.8. The van der Waals surface area contributed by atoms with Gasteiger partial charge >= 0.3 is 25.6 Å². The summed E-state index contributed by atoms with van der Waals surface area (Å²) in [6.45, 7) is 10.3. The molecule has 2 saturated heterocycles. The Morgan fingerprint density at radius 3 is 2.36 bits per heavy atom. The Morgan fingerprint density at radius 2 is 1.63 bits per heavy atom. The lowest BCUT2D eigenvalue weighted by Gasteiger charge is -2.69. The van der Waals surface area contributed by atoms with Crippen molar-refractivity contribution in [3.8, 4) is 16.9 Å². The molecule has 6 heterocycles. The summed E-state index contributed by atoms with van der Waals surface area (Å²) < 4.78 is 39.0. The number of benzene rings is 3. The molecule has 11 N–H and O–H groups in total. The Hall–Kier alpha value is -7.73. The lowest BCUT2D eigenvalue weighted by molar-refractivity contribution is -0.271. The van der Waals surface area contributed by atoms with Gasteiger partial charge < -0.3 is 75.1 Å². The highest BCUT2D eigenvalue weighted by atomic mass is 32.1. The van der Waals surface area contributed by atoms with E-state index >= 15 is 0 Å². The van der Waals surface area contributed by atoms with E-state index in [9.17, 15) is 63.9 Å². The van der Waals surface area contributed by atoms with Crippen LogP contribution in [0.25, 0.3) is 27.4 Å². The van der Waals surface area contributed by atoms with E-state index < -0.39 is 67.8 Å². The number of carbonyl (C=O) groups excluding carboxylic acids is 3. The van der Waals surface area contributed by atoms with Crippen LogP contribution in [0.2, 0.25) is 0 Å². The molecule has 4 bridgehead atoms. The van der Waals surface area contributed by atoms with Crippen molar-refractivity contribution in [2.45, 2.75) is 147 Å². The van der Waals surface area contributed by atoms with Crippen molar-refractivity contribution < 1.29 is 82.8 Å². The number of ether oxygens (including phenoxy) is 4. The smallest absolute Gasteiger partial charge is 0.410 e. The number of anilines is 3. The summed E-state index contributed by atoms with van der Waals surface area (Å²) in [5.74, 6) is -3.06. The average Bonchev–Trinajstić information content (AvgIpc) is 0.751. The van der Waals surface area contributed by atoms with Crippen molar-refractivity contribution in [2.75, 3.05) is 74.2 Å². The Bertz CT molecular complexity index is 4030. The third-order valence-electron chi connectivity index (χ3n) is 20.2. The number of likely N-dealkylation sites (tertiary alicyclic amines) is 1. The molecule has 98 heavy (non-hydrogen) atoms. The number of nitrogens with zero attached hydrogens (tertiary/aromatic N) is 7. The number of aliphatic carboxylic acids is 1. The molecule has 3 amide bonds. The molecular weight excluding hydrogens is 1300 g/mol. The minimum Gasteiger partial charge on any atom is -0.479 e. The second-order valence-corrected chi connectivity index (χ2v) is 30.9. The van der Waals surface area contributed by atoms with Crippen LogP contribution in [0.5, 0.6) is 5.75 Å². The molecule has 524 valence electrons.